The number of aromatic nitrogens is 2. The third-order valence-corrected chi connectivity index (χ3v) is 1.74. The van der Waals surface area contributed by atoms with Crippen LogP contribution in [0.4, 0.5) is 5.82 Å². The van der Waals surface area contributed by atoms with Crippen LogP contribution in [0.2, 0.25) is 0 Å². The Bertz CT molecular complexity index is 260. The second-order valence-corrected chi connectivity index (χ2v) is 2.75. The van der Waals surface area contributed by atoms with Gasteiger partial charge in [-0.3, -0.25) is 0 Å². The van der Waals surface area contributed by atoms with Crippen molar-refractivity contribution in [2.24, 2.45) is 0 Å². The van der Waals surface area contributed by atoms with Crippen molar-refractivity contribution >= 4 is 5.82 Å². The molecule has 3 N–H and O–H groups in total. The molecular formula is C8H15N3O2. The second-order valence-electron chi connectivity index (χ2n) is 2.75. The highest BCUT2D eigenvalue weighted by Crippen LogP contribution is 2.06. The van der Waals surface area contributed by atoms with Gasteiger partial charge in [0.05, 0.1) is 25.5 Å². The highest BCUT2D eigenvalue weighted by atomic mass is 16.5. The molecule has 0 amide bonds. The molecule has 0 aliphatic rings. The summed E-state index contributed by atoms with van der Waals surface area (Å²) in [5.74, 6) is 0.583. The molecule has 0 saturated heterocycles. The summed E-state index contributed by atoms with van der Waals surface area (Å²) < 4.78 is 6.50. The van der Waals surface area contributed by atoms with Gasteiger partial charge in [-0.15, -0.1) is 0 Å². The third-order valence-electron chi connectivity index (χ3n) is 1.74. The standard InChI is InChI=1S/C8H15N3O2/c1-13-5-2-7-6-8(9)11(10-7)3-4-12/h6,12H,2-5,9H2,1H3. The number of hydrogen-bond acceptors (Lipinski definition) is 4. The molecule has 13 heavy (non-hydrogen) atoms. The fourth-order valence-electron chi connectivity index (χ4n) is 1.09. The quantitative estimate of drug-likeness (QED) is 0.657. The maximum absolute atomic E-state index is 8.69. The molecule has 0 radical (unpaired) electrons. The van der Waals surface area contributed by atoms with Gasteiger partial charge in [0.2, 0.25) is 0 Å². The van der Waals surface area contributed by atoms with Crippen molar-refractivity contribution < 1.29 is 9.84 Å². The molecule has 1 rings (SSSR count). The lowest BCUT2D eigenvalue weighted by Crippen LogP contribution is -2.07. The van der Waals surface area contributed by atoms with E-state index in [-0.39, 0.29) is 6.61 Å². The van der Waals surface area contributed by atoms with Crippen molar-refractivity contribution in [3.8, 4) is 0 Å². The van der Waals surface area contributed by atoms with Gasteiger partial charge in [0.1, 0.15) is 5.82 Å². The second kappa shape index (κ2) is 4.84. The average Bonchev–Trinajstić information content (AvgIpc) is 2.45. The van der Waals surface area contributed by atoms with Crippen molar-refractivity contribution in [1.29, 1.82) is 0 Å². The van der Waals surface area contributed by atoms with Crippen molar-refractivity contribution in [3.63, 3.8) is 0 Å². The first-order valence-electron chi connectivity index (χ1n) is 4.20. The Hall–Kier alpha value is -1.07. The van der Waals surface area contributed by atoms with Gasteiger partial charge in [0, 0.05) is 19.6 Å². The first kappa shape index (κ1) is 10.0. The first-order chi connectivity index (χ1) is 6.27. The molecule has 0 spiro atoms. The zero-order chi connectivity index (χ0) is 9.68. The van der Waals surface area contributed by atoms with Crippen LogP contribution in [0.5, 0.6) is 0 Å². The SMILES string of the molecule is COCCc1cc(N)n(CCO)n1. The van der Waals surface area contributed by atoms with Crippen LogP contribution in [0.25, 0.3) is 0 Å². The van der Waals surface area contributed by atoms with E-state index in [1.807, 2.05) is 0 Å². The predicted octanol–water partition coefficient (Wildman–Crippen LogP) is -0.354. The molecule has 1 aromatic rings. The predicted molar refractivity (Wildman–Crippen MR) is 49.3 cm³/mol. The van der Waals surface area contributed by atoms with E-state index in [2.05, 4.69) is 5.10 Å². The highest BCUT2D eigenvalue weighted by molar-refractivity contribution is 5.30. The lowest BCUT2D eigenvalue weighted by Gasteiger charge is -1.98. The third kappa shape index (κ3) is 2.71. The van der Waals surface area contributed by atoms with Gasteiger partial charge in [-0.2, -0.15) is 5.10 Å². The van der Waals surface area contributed by atoms with Crippen LogP contribution in [0, 0.1) is 0 Å². The normalized spacial score (nSPS) is 10.6. The number of aliphatic hydroxyl groups excluding tert-OH is 1. The number of rotatable bonds is 5. The smallest absolute Gasteiger partial charge is 0.122 e. The summed E-state index contributed by atoms with van der Waals surface area (Å²) >= 11 is 0. The van der Waals surface area contributed by atoms with Gasteiger partial charge < -0.3 is 15.6 Å². The lowest BCUT2D eigenvalue weighted by molar-refractivity contribution is 0.201. The van der Waals surface area contributed by atoms with Crippen molar-refractivity contribution in [2.75, 3.05) is 26.1 Å². The van der Waals surface area contributed by atoms with E-state index in [4.69, 9.17) is 15.6 Å². The number of hydrogen-bond donors (Lipinski definition) is 2. The topological polar surface area (TPSA) is 73.3 Å². The molecule has 1 heterocycles. The Morgan fingerprint density at radius 2 is 2.46 bits per heavy atom. The molecule has 0 unspecified atom stereocenters. The Morgan fingerprint density at radius 1 is 1.69 bits per heavy atom. The number of ether oxygens (including phenoxy) is 1. The Kier molecular flexibility index (Phi) is 3.72. The fourth-order valence-corrected chi connectivity index (χ4v) is 1.09. The van der Waals surface area contributed by atoms with E-state index in [1.54, 1.807) is 17.9 Å². The molecule has 0 bridgehead atoms. The molecule has 0 saturated carbocycles. The van der Waals surface area contributed by atoms with Crippen molar-refractivity contribution in [1.82, 2.24) is 9.78 Å². The minimum atomic E-state index is 0.0512. The summed E-state index contributed by atoms with van der Waals surface area (Å²) in [7, 11) is 1.65. The summed E-state index contributed by atoms with van der Waals surface area (Å²) in [5, 5.41) is 12.9. The van der Waals surface area contributed by atoms with E-state index in [9.17, 15) is 0 Å². The summed E-state index contributed by atoms with van der Waals surface area (Å²) in [6, 6.07) is 1.80. The summed E-state index contributed by atoms with van der Waals surface area (Å²) in [5.41, 5.74) is 6.54. The zero-order valence-corrected chi connectivity index (χ0v) is 7.73. The molecule has 5 nitrogen and oxygen atoms in total. The minimum absolute atomic E-state index is 0.0512. The maximum atomic E-state index is 8.69. The largest absolute Gasteiger partial charge is 0.394 e. The van der Waals surface area contributed by atoms with E-state index in [0.29, 0.717) is 19.0 Å². The van der Waals surface area contributed by atoms with Crippen LogP contribution in [0.3, 0.4) is 0 Å². The van der Waals surface area contributed by atoms with Crippen LogP contribution in [-0.2, 0) is 17.7 Å². The van der Waals surface area contributed by atoms with Crippen LogP contribution < -0.4 is 5.73 Å². The van der Waals surface area contributed by atoms with Gasteiger partial charge in [-0.05, 0) is 0 Å². The van der Waals surface area contributed by atoms with Crippen LogP contribution in [0.15, 0.2) is 6.07 Å². The molecular weight excluding hydrogens is 170 g/mol. The van der Waals surface area contributed by atoms with Crippen molar-refractivity contribution in [2.45, 2.75) is 13.0 Å². The van der Waals surface area contributed by atoms with Crippen molar-refractivity contribution in [3.05, 3.63) is 11.8 Å². The molecule has 1 aromatic heterocycles. The van der Waals surface area contributed by atoms with Gasteiger partial charge in [-0.1, -0.05) is 0 Å². The van der Waals surface area contributed by atoms with E-state index < -0.39 is 0 Å². The molecule has 0 aliphatic carbocycles. The number of methoxy groups -OCH3 is 1. The van der Waals surface area contributed by atoms with E-state index in [0.717, 1.165) is 12.1 Å². The summed E-state index contributed by atoms with van der Waals surface area (Å²) in [6.45, 7) is 1.13. The molecule has 74 valence electrons. The highest BCUT2D eigenvalue weighted by Gasteiger charge is 2.03. The van der Waals surface area contributed by atoms with Crippen LogP contribution in [0.1, 0.15) is 5.69 Å². The Balaban J connectivity index is 2.59. The molecule has 0 aliphatic heterocycles. The summed E-state index contributed by atoms with van der Waals surface area (Å²) in [4.78, 5) is 0. The number of nitrogens with two attached hydrogens (primary N) is 1. The first-order valence-corrected chi connectivity index (χ1v) is 4.20. The number of nitrogens with zero attached hydrogens (tertiary/aromatic N) is 2. The molecule has 0 atom stereocenters. The average molecular weight is 185 g/mol. The molecule has 0 fully saturated rings. The van der Waals surface area contributed by atoms with Crippen LogP contribution in [-0.4, -0.2) is 35.2 Å². The lowest BCUT2D eigenvalue weighted by atomic mass is 10.3. The maximum Gasteiger partial charge on any atom is 0.122 e. The summed E-state index contributed by atoms with van der Waals surface area (Å²) in [6.07, 6.45) is 0.749. The molecule has 0 aromatic carbocycles. The molecule has 5 heteroatoms. The monoisotopic (exact) mass is 185 g/mol. The Labute approximate surface area is 77.1 Å². The number of aliphatic hydroxyl groups is 1. The van der Waals surface area contributed by atoms with Gasteiger partial charge in [-0.25, -0.2) is 4.68 Å². The number of nitrogen functional groups attached to an aromatic ring is 1. The van der Waals surface area contributed by atoms with E-state index >= 15 is 0 Å². The fraction of sp³-hybridized carbons (Fsp3) is 0.625. The van der Waals surface area contributed by atoms with Gasteiger partial charge in [0.15, 0.2) is 0 Å². The van der Waals surface area contributed by atoms with Crippen LogP contribution >= 0.6 is 0 Å². The van der Waals surface area contributed by atoms with Gasteiger partial charge >= 0.3 is 0 Å². The Morgan fingerprint density at radius 3 is 3.08 bits per heavy atom. The zero-order valence-electron chi connectivity index (χ0n) is 7.73. The van der Waals surface area contributed by atoms with E-state index in [1.165, 1.54) is 0 Å². The van der Waals surface area contributed by atoms with Gasteiger partial charge in [0.25, 0.3) is 0 Å². The minimum Gasteiger partial charge on any atom is -0.394 e. The number of anilines is 1.